The van der Waals surface area contributed by atoms with Crippen LogP contribution in [-0.2, 0) is 0 Å². The Bertz CT molecular complexity index is 240. The van der Waals surface area contributed by atoms with Gasteiger partial charge in [-0.15, -0.1) is 0 Å². The molecule has 0 bridgehead atoms. The number of anilines is 1. The van der Waals surface area contributed by atoms with Crippen molar-refractivity contribution in [2.75, 3.05) is 12.4 Å². The Morgan fingerprint density at radius 1 is 1.50 bits per heavy atom. The summed E-state index contributed by atoms with van der Waals surface area (Å²) in [6, 6.07) is 1.21. The summed E-state index contributed by atoms with van der Waals surface area (Å²) in [5.41, 5.74) is 0. The minimum atomic E-state index is -0.435. The molecule has 0 aliphatic carbocycles. The maximum atomic E-state index is 12.6. The Morgan fingerprint density at radius 2 is 2.08 bits per heavy atom. The third kappa shape index (κ3) is 3.05. The summed E-state index contributed by atoms with van der Waals surface area (Å²) < 4.78 is 12.6. The summed E-state index contributed by atoms with van der Waals surface area (Å²) in [6.07, 6.45) is 1.39. The highest BCUT2D eigenvalue weighted by atomic mass is 35.5. The molecule has 0 atom stereocenters. The third-order valence-electron chi connectivity index (χ3n) is 1.04. The Balaban J connectivity index is 0.000000561. The summed E-state index contributed by atoms with van der Waals surface area (Å²) in [4.78, 5) is 3.68. The molecule has 1 heterocycles. The van der Waals surface area contributed by atoms with Crippen molar-refractivity contribution in [1.29, 1.82) is 0 Å². The molecular weight excluding hydrogens is 179 g/mol. The third-order valence-corrected chi connectivity index (χ3v) is 1.25. The highest BCUT2D eigenvalue weighted by Gasteiger charge is 1.99. The van der Waals surface area contributed by atoms with E-state index in [0.717, 1.165) is 0 Å². The Hall–Kier alpha value is -0.830. The molecule has 0 unspecified atom stereocenters. The largest absolute Gasteiger partial charge is 0.371 e. The van der Waals surface area contributed by atoms with Crippen LogP contribution >= 0.6 is 11.6 Å². The molecule has 0 aliphatic rings. The lowest BCUT2D eigenvalue weighted by Gasteiger charge is -1.98. The fourth-order valence-corrected chi connectivity index (χ4v) is 0.743. The van der Waals surface area contributed by atoms with Crippen LogP contribution in [0, 0.1) is 5.82 Å². The van der Waals surface area contributed by atoms with Crippen molar-refractivity contribution in [1.82, 2.24) is 4.98 Å². The van der Waals surface area contributed by atoms with Crippen molar-refractivity contribution in [3.63, 3.8) is 0 Å². The fourth-order valence-electron chi connectivity index (χ4n) is 0.599. The molecule has 0 spiro atoms. The minimum absolute atomic E-state index is 0.212. The van der Waals surface area contributed by atoms with Crippen LogP contribution in [0.1, 0.15) is 13.8 Å². The summed E-state index contributed by atoms with van der Waals surface area (Å²) in [6.45, 7) is 4.00. The van der Waals surface area contributed by atoms with Gasteiger partial charge in [-0.2, -0.15) is 0 Å². The predicted molar refractivity (Wildman–Crippen MR) is 50.1 cm³/mol. The van der Waals surface area contributed by atoms with E-state index in [0.29, 0.717) is 5.02 Å². The van der Waals surface area contributed by atoms with Gasteiger partial charge in [-0.3, -0.25) is 0 Å². The average molecular weight is 191 g/mol. The van der Waals surface area contributed by atoms with Crippen molar-refractivity contribution in [2.24, 2.45) is 0 Å². The van der Waals surface area contributed by atoms with Crippen molar-refractivity contribution in [3.05, 3.63) is 23.1 Å². The van der Waals surface area contributed by atoms with E-state index in [4.69, 9.17) is 11.6 Å². The van der Waals surface area contributed by atoms with Gasteiger partial charge >= 0.3 is 0 Å². The van der Waals surface area contributed by atoms with Crippen molar-refractivity contribution in [3.8, 4) is 0 Å². The number of hydrogen-bond acceptors (Lipinski definition) is 2. The highest BCUT2D eigenvalue weighted by molar-refractivity contribution is 6.30. The van der Waals surface area contributed by atoms with E-state index in [-0.39, 0.29) is 5.82 Å². The average Bonchev–Trinajstić information content (AvgIpc) is 2.08. The van der Waals surface area contributed by atoms with Crippen LogP contribution in [0.25, 0.3) is 0 Å². The summed E-state index contributed by atoms with van der Waals surface area (Å²) in [5.74, 6) is -0.223. The Morgan fingerprint density at radius 3 is 2.50 bits per heavy atom. The molecule has 12 heavy (non-hydrogen) atoms. The molecule has 2 nitrogen and oxygen atoms in total. The zero-order valence-electron chi connectivity index (χ0n) is 7.36. The van der Waals surface area contributed by atoms with E-state index in [1.54, 1.807) is 7.05 Å². The van der Waals surface area contributed by atoms with E-state index in [1.807, 2.05) is 13.8 Å². The molecule has 1 aromatic heterocycles. The van der Waals surface area contributed by atoms with Gasteiger partial charge in [-0.05, 0) is 6.07 Å². The quantitative estimate of drug-likeness (QED) is 0.737. The molecule has 0 amide bonds. The Kier molecular flexibility index (Phi) is 5.37. The van der Waals surface area contributed by atoms with E-state index in [9.17, 15) is 4.39 Å². The monoisotopic (exact) mass is 190 g/mol. The van der Waals surface area contributed by atoms with Gasteiger partial charge in [0.2, 0.25) is 0 Å². The minimum Gasteiger partial charge on any atom is -0.371 e. The van der Waals surface area contributed by atoms with Crippen LogP contribution in [0.5, 0.6) is 0 Å². The van der Waals surface area contributed by atoms with Crippen molar-refractivity contribution in [2.45, 2.75) is 13.8 Å². The van der Waals surface area contributed by atoms with Gasteiger partial charge in [0.15, 0.2) is 11.6 Å². The van der Waals surface area contributed by atoms with E-state index in [2.05, 4.69) is 10.3 Å². The highest BCUT2D eigenvalue weighted by Crippen LogP contribution is 2.14. The molecule has 0 fully saturated rings. The molecule has 4 heteroatoms. The molecule has 0 saturated carbocycles. The molecule has 0 saturated heterocycles. The van der Waals surface area contributed by atoms with Gasteiger partial charge in [0.1, 0.15) is 0 Å². The SMILES string of the molecule is CC.CNc1ncc(Cl)cc1F. The molecular formula is C8H12ClFN2. The van der Waals surface area contributed by atoms with Crippen LogP contribution in [0.4, 0.5) is 10.2 Å². The predicted octanol–water partition coefficient (Wildman–Crippen LogP) is 2.94. The summed E-state index contributed by atoms with van der Waals surface area (Å²) >= 11 is 5.44. The second-order valence-electron chi connectivity index (χ2n) is 1.73. The first-order valence-electron chi connectivity index (χ1n) is 3.73. The molecule has 0 aliphatic heterocycles. The number of aromatic nitrogens is 1. The lowest BCUT2D eigenvalue weighted by molar-refractivity contribution is 0.626. The standard InChI is InChI=1S/C6H6ClFN2.C2H6/c1-9-6-5(8)2-4(7)3-10-6;1-2/h2-3H,1H3,(H,9,10);1-2H3. The van der Waals surface area contributed by atoms with E-state index >= 15 is 0 Å². The zero-order chi connectivity index (χ0) is 9.56. The van der Waals surface area contributed by atoms with Crippen LogP contribution in [-0.4, -0.2) is 12.0 Å². The molecule has 0 aromatic carbocycles. The first-order valence-corrected chi connectivity index (χ1v) is 4.10. The fraction of sp³-hybridized carbons (Fsp3) is 0.375. The summed E-state index contributed by atoms with van der Waals surface area (Å²) in [5, 5.41) is 2.88. The number of pyridine rings is 1. The van der Waals surface area contributed by atoms with Crippen molar-refractivity contribution >= 4 is 17.4 Å². The second kappa shape index (κ2) is 5.77. The van der Waals surface area contributed by atoms with Crippen LogP contribution in [0.3, 0.4) is 0 Å². The number of nitrogens with one attached hydrogen (secondary N) is 1. The maximum Gasteiger partial charge on any atom is 0.166 e. The lowest BCUT2D eigenvalue weighted by atomic mass is 10.4. The Labute approximate surface area is 76.8 Å². The number of halogens is 2. The zero-order valence-corrected chi connectivity index (χ0v) is 8.11. The smallest absolute Gasteiger partial charge is 0.166 e. The van der Waals surface area contributed by atoms with Crippen LogP contribution < -0.4 is 5.32 Å². The maximum absolute atomic E-state index is 12.6. The normalized spacial score (nSPS) is 8.42. The van der Waals surface area contributed by atoms with E-state index < -0.39 is 5.82 Å². The molecule has 1 N–H and O–H groups in total. The summed E-state index contributed by atoms with van der Waals surface area (Å²) in [7, 11) is 1.60. The van der Waals surface area contributed by atoms with Gasteiger partial charge in [0.25, 0.3) is 0 Å². The van der Waals surface area contributed by atoms with Gasteiger partial charge in [-0.1, -0.05) is 25.4 Å². The van der Waals surface area contributed by atoms with Gasteiger partial charge in [0, 0.05) is 13.2 Å². The first kappa shape index (κ1) is 11.2. The lowest BCUT2D eigenvalue weighted by Crippen LogP contribution is -1.94. The molecule has 0 radical (unpaired) electrons. The number of rotatable bonds is 1. The number of nitrogens with zero attached hydrogens (tertiary/aromatic N) is 1. The first-order chi connectivity index (χ1) is 5.74. The van der Waals surface area contributed by atoms with Crippen LogP contribution in [0.2, 0.25) is 5.02 Å². The molecule has 1 rings (SSSR count). The molecule has 68 valence electrons. The van der Waals surface area contributed by atoms with Gasteiger partial charge in [-0.25, -0.2) is 9.37 Å². The van der Waals surface area contributed by atoms with E-state index in [1.165, 1.54) is 12.3 Å². The second-order valence-corrected chi connectivity index (χ2v) is 2.17. The van der Waals surface area contributed by atoms with Gasteiger partial charge < -0.3 is 5.32 Å². The topological polar surface area (TPSA) is 24.9 Å². The molecule has 1 aromatic rings. The van der Waals surface area contributed by atoms with Crippen LogP contribution in [0.15, 0.2) is 12.3 Å². The van der Waals surface area contributed by atoms with Crippen molar-refractivity contribution < 1.29 is 4.39 Å². The van der Waals surface area contributed by atoms with Gasteiger partial charge in [0.05, 0.1) is 5.02 Å². The number of hydrogen-bond donors (Lipinski definition) is 1.